The summed E-state index contributed by atoms with van der Waals surface area (Å²) in [5.41, 5.74) is 0.0947. The number of hydrogen-bond donors (Lipinski definition) is 2. The van der Waals surface area contributed by atoms with E-state index in [1.54, 1.807) is 6.07 Å². The van der Waals surface area contributed by atoms with Crippen LogP contribution in [0.25, 0.3) is 0 Å². The van der Waals surface area contributed by atoms with Gasteiger partial charge in [-0.25, -0.2) is 4.39 Å². The van der Waals surface area contributed by atoms with Gasteiger partial charge in [-0.1, -0.05) is 6.07 Å². The quantitative estimate of drug-likeness (QED) is 0.678. The fourth-order valence-electron chi connectivity index (χ4n) is 2.00. The molecule has 2 N–H and O–H groups in total. The molecule has 0 aliphatic carbocycles. The molecule has 1 heterocycles. The zero-order valence-corrected chi connectivity index (χ0v) is 12.5. The van der Waals surface area contributed by atoms with Crippen molar-refractivity contribution in [3.63, 3.8) is 0 Å². The van der Waals surface area contributed by atoms with Gasteiger partial charge in [0.05, 0.1) is 11.8 Å². The number of halogens is 4. The first-order valence-electron chi connectivity index (χ1n) is 7.07. The molecule has 0 atom stereocenters. The third kappa shape index (κ3) is 4.40. The maximum Gasteiger partial charge on any atom is 0.416 e. The lowest BCUT2D eigenvalue weighted by molar-refractivity contribution is -0.137. The van der Waals surface area contributed by atoms with E-state index in [0.29, 0.717) is 17.2 Å². The van der Waals surface area contributed by atoms with E-state index in [0.717, 1.165) is 12.1 Å². The third-order valence-corrected chi connectivity index (χ3v) is 3.12. The summed E-state index contributed by atoms with van der Waals surface area (Å²) in [6, 6.07) is 10.2. The molecule has 0 fully saturated rings. The molecule has 25 heavy (non-hydrogen) atoms. The van der Waals surface area contributed by atoms with E-state index in [9.17, 15) is 17.6 Å². The predicted octanol–water partition coefficient (Wildman–Crippen LogP) is 4.52. The molecule has 0 unspecified atom stereocenters. The Morgan fingerprint density at radius 1 is 0.880 bits per heavy atom. The van der Waals surface area contributed by atoms with Crippen LogP contribution in [0.15, 0.2) is 54.7 Å². The Balaban J connectivity index is 1.73. The highest BCUT2D eigenvalue weighted by Gasteiger charge is 2.29. The van der Waals surface area contributed by atoms with Gasteiger partial charge in [0.1, 0.15) is 5.82 Å². The summed E-state index contributed by atoms with van der Waals surface area (Å²) in [6.45, 7) is 0. The van der Waals surface area contributed by atoms with E-state index >= 15 is 0 Å². The van der Waals surface area contributed by atoms with E-state index in [1.807, 2.05) is 0 Å². The summed E-state index contributed by atoms with van der Waals surface area (Å²) < 4.78 is 50.8. The molecule has 0 aliphatic heterocycles. The second-order valence-electron chi connectivity index (χ2n) is 5.00. The number of rotatable bonds is 4. The minimum atomic E-state index is -4.40. The number of nitrogens with zero attached hydrogens (tertiary/aromatic N) is 3. The number of anilines is 4. The van der Waals surface area contributed by atoms with Crippen molar-refractivity contribution in [2.45, 2.75) is 6.18 Å². The molecule has 3 aromatic rings. The monoisotopic (exact) mass is 349 g/mol. The van der Waals surface area contributed by atoms with Gasteiger partial charge in [0.25, 0.3) is 0 Å². The van der Waals surface area contributed by atoms with Crippen LogP contribution in [0.5, 0.6) is 0 Å². The number of aromatic nitrogens is 3. The molecule has 0 radical (unpaired) electrons. The van der Waals surface area contributed by atoms with Gasteiger partial charge in [-0.3, -0.25) is 0 Å². The van der Waals surface area contributed by atoms with Gasteiger partial charge in [0.2, 0.25) is 5.95 Å². The minimum Gasteiger partial charge on any atom is -0.339 e. The van der Waals surface area contributed by atoms with Crippen LogP contribution in [0.3, 0.4) is 0 Å². The van der Waals surface area contributed by atoms with Gasteiger partial charge >= 0.3 is 6.18 Å². The Kier molecular flexibility index (Phi) is 4.46. The number of nitrogens with one attached hydrogen (secondary N) is 2. The number of alkyl halides is 3. The summed E-state index contributed by atoms with van der Waals surface area (Å²) in [5, 5.41) is 13.1. The van der Waals surface area contributed by atoms with Crippen molar-refractivity contribution in [3.8, 4) is 0 Å². The second-order valence-corrected chi connectivity index (χ2v) is 5.00. The van der Waals surface area contributed by atoms with Gasteiger partial charge in [0, 0.05) is 11.4 Å². The van der Waals surface area contributed by atoms with Crippen LogP contribution in [0.2, 0.25) is 0 Å². The normalized spacial score (nSPS) is 11.2. The Labute approximate surface area is 139 Å². The molecule has 0 bridgehead atoms. The molecule has 1 aromatic heterocycles. The lowest BCUT2D eigenvalue weighted by Crippen LogP contribution is -2.05. The van der Waals surface area contributed by atoms with Gasteiger partial charge in [-0.05, 0) is 42.5 Å². The lowest BCUT2D eigenvalue weighted by Gasteiger charge is -2.09. The van der Waals surface area contributed by atoms with Crippen molar-refractivity contribution >= 4 is 23.1 Å². The molecule has 0 saturated carbocycles. The summed E-state index contributed by atoms with van der Waals surface area (Å²) in [4.78, 5) is 4.12. The first-order valence-corrected chi connectivity index (χ1v) is 7.07. The molecule has 2 aromatic carbocycles. The fraction of sp³-hybridized carbons (Fsp3) is 0.0625. The van der Waals surface area contributed by atoms with E-state index < -0.39 is 17.6 Å². The average Bonchev–Trinajstić information content (AvgIpc) is 2.55. The average molecular weight is 349 g/mol. The minimum absolute atomic E-state index is 0.0844. The molecule has 9 heteroatoms. The molecular weight excluding hydrogens is 338 g/mol. The summed E-state index contributed by atoms with van der Waals surface area (Å²) in [7, 11) is 0. The van der Waals surface area contributed by atoms with E-state index in [4.69, 9.17) is 0 Å². The van der Waals surface area contributed by atoms with Crippen molar-refractivity contribution in [2.24, 2.45) is 0 Å². The molecule has 0 spiro atoms. The Hall–Kier alpha value is -3.23. The zero-order valence-electron chi connectivity index (χ0n) is 12.5. The van der Waals surface area contributed by atoms with Crippen molar-refractivity contribution in [3.05, 3.63) is 66.1 Å². The van der Waals surface area contributed by atoms with Crippen molar-refractivity contribution in [1.29, 1.82) is 0 Å². The Morgan fingerprint density at radius 3 is 2.32 bits per heavy atom. The van der Waals surface area contributed by atoms with Crippen LogP contribution in [0.1, 0.15) is 5.56 Å². The topological polar surface area (TPSA) is 62.7 Å². The van der Waals surface area contributed by atoms with E-state index in [-0.39, 0.29) is 5.95 Å². The van der Waals surface area contributed by atoms with Gasteiger partial charge in [0.15, 0.2) is 5.82 Å². The summed E-state index contributed by atoms with van der Waals surface area (Å²) in [5.74, 6) is -0.0220. The SMILES string of the molecule is Fc1cccc(Nc2cnnc(Nc3ccc(C(F)(F)F)cc3)n2)c1. The van der Waals surface area contributed by atoms with Gasteiger partial charge in [-0.2, -0.15) is 23.3 Å². The maximum atomic E-state index is 13.2. The highest BCUT2D eigenvalue weighted by molar-refractivity contribution is 5.58. The first-order chi connectivity index (χ1) is 11.9. The van der Waals surface area contributed by atoms with Crippen LogP contribution in [0, 0.1) is 5.82 Å². The molecule has 3 rings (SSSR count). The van der Waals surface area contributed by atoms with Crippen molar-refractivity contribution < 1.29 is 17.6 Å². The van der Waals surface area contributed by atoms with Crippen molar-refractivity contribution in [1.82, 2.24) is 15.2 Å². The molecule has 0 saturated heterocycles. The fourth-order valence-corrected chi connectivity index (χ4v) is 2.00. The standard InChI is InChI=1S/C16H11F4N5/c17-11-2-1-3-13(8-11)22-14-9-21-25-15(24-14)23-12-6-4-10(5-7-12)16(18,19)20/h1-9H,(H2,22,23,24,25). The Morgan fingerprint density at radius 2 is 1.64 bits per heavy atom. The van der Waals surface area contributed by atoms with Crippen LogP contribution in [-0.4, -0.2) is 15.2 Å². The molecule has 0 aliphatic rings. The second kappa shape index (κ2) is 6.71. The molecule has 0 amide bonds. The number of benzene rings is 2. The smallest absolute Gasteiger partial charge is 0.339 e. The molecule has 5 nitrogen and oxygen atoms in total. The molecular formula is C16H11F4N5. The Bertz CT molecular complexity index is 865. The van der Waals surface area contributed by atoms with Crippen LogP contribution in [-0.2, 0) is 6.18 Å². The highest BCUT2D eigenvalue weighted by Crippen LogP contribution is 2.30. The van der Waals surface area contributed by atoms with Gasteiger partial charge < -0.3 is 10.6 Å². The summed E-state index contributed by atoms with van der Waals surface area (Å²) >= 11 is 0. The third-order valence-electron chi connectivity index (χ3n) is 3.12. The largest absolute Gasteiger partial charge is 0.416 e. The van der Waals surface area contributed by atoms with Crippen LogP contribution >= 0.6 is 0 Å². The van der Waals surface area contributed by atoms with E-state index in [1.165, 1.54) is 36.5 Å². The van der Waals surface area contributed by atoms with Gasteiger partial charge in [-0.15, -0.1) is 5.10 Å². The van der Waals surface area contributed by atoms with Crippen molar-refractivity contribution in [2.75, 3.05) is 10.6 Å². The van der Waals surface area contributed by atoms with Crippen LogP contribution in [0.4, 0.5) is 40.7 Å². The van der Waals surface area contributed by atoms with Crippen LogP contribution < -0.4 is 10.6 Å². The predicted molar refractivity (Wildman–Crippen MR) is 84.2 cm³/mol. The van der Waals surface area contributed by atoms with E-state index in [2.05, 4.69) is 25.8 Å². The maximum absolute atomic E-state index is 13.2. The highest BCUT2D eigenvalue weighted by atomic mass is 19.4. The lowest BCUT2D eigenvalue weighted by atomic mass is 10.2. The molecule has 128 valence electrons. The first kappa shape index (κ1) is 16.6. The zero-order chi connectivity index (χ0) is 17.9. The summed E-state index contributed by atoms with van der Waals surface area (Å²) in [6.07, 6.45) is -3.06. The number of hydrogen-bond acceptors (Lipinski definition) is 5.